The minimum absolute atomic E-state index is 0.0209. The maximum atomic E-state index is 14.8. The number of nitrogens with one attached hydrogen (secondary N) is 2. The van der Waals surface area contributed by atoms with Crippen LogP contribution >= 0.6 is 0 Å². The topological polar surface area (TPSA) is 205 Å². The van der Waals surface area contributed by atoms with Crippen molar-refractivity contribution in [2.75, 3.05) is 31.6 Å². The Balaban J connectivity index is 0.929. The number of aromatic nitrogens is 2. The van der Waals surface area contributed by atoms with Crippen molar-refractivity contribution in [2.24, 2.45) is 22.7 Å². The van der Waals surface area contributed by atoms with E-state index in [2.05, 4.69) is 32.6 Å². The fourth-order valence-corrected chi connectivity index (χ4v) is 11.0. The van der Waals surface area contributed by atoms with Crippen molar-refractivity contribution >= 4 is 34.8 Å². The van der Waals surface area contributed by atoms with Crippen molar-refractivity contribution in [1.82, 2.24) is 15.3 Å². The number of carbonyl (C=O) groups excluding carboxylic acids is 1. The number of epoxide rings is 1. The molecule has 14 nitrogen and oxygen atoms in total. The number of benzene rings is 1. The van der Waals surface area contributed by atoms with Crippen LogP contribution in [0.1, 0.15) is 68.0 Å². The van der Waals surface area contributed by atoms with Crippen LogP contribution in [0.15, 0.2) is 74.1 Å². The maximum absolute atomic E-state index is 14.8. The molecule has 0 radical (unpaired) electrons. The number of esters is 1. The Hall–Kier alpha value is -5.57. The Bertz CT molecular complexity index is 2580. The highest BCUT2D eigenvalue weighted by Gasteiger charge is 2.70. The summed E-state index contributed by atoms with van der Waals surface area (Å²) in [5, 5.41) is 15.4. The molecule has 6 aliphatic heterocycles. The first-order valence-corrected chi connectivity index (χ1v) is 20.7. The molecule has 1 spiro atoms. The highest BCUT2D eigenvalue weighted by molar-refractivity contribution is 5.88. The van der Waals surface area contributed by atoms with E-state index in [0.29, 0.717) is 60.3 Å². The summed E-state index contributed by atoms with van der Waals surface area (Å²) in [7, 11) is 1.94. The van der Waals surface area contributed by atoms with Crippen molar-refractivity contribution in [3.8, 4) is 22.8 Å². The van der Waals surface area contributed by atoms with E-state index in [-0.39, 0.29) is 46.0 Å². The van der Waals surface area contributed by atoms with Crippen LogP contribution in [0.4, 0.5) is 11.6 Å². The van der Waals surface area contributed by atoms with Crippen LogP contribution in [-0.4, -0.2) is 70.8 Å². The fourth-order valence-electron chi connectivity index (χ4n) is 11.0. The average molecular weight is 801 g/mol. The highest BCUT2D eigenvalue weighted by Crippen LogP contribution is 2.61. The predicted molar refractivity (Wildman–Crippen MR) is 221 cm³/mol. The van der Waals surface area contributed by atoms with Gasteiger partial charge in [0.15, 0.2) is 11.0 Å². The van der Waals surface area contributed by atoms with Crippen LogP contribution < -0.4 is 31.8 Å². The van der Waals surface area contributed by atoms with Gasteiger partial charge in [0.2, 0.25) is 0 Å². The molecule has 0 amide bonds. The molecule has 7 N–H and O–H groups in total. The number of carbonyl (C=O) groups is 1. The third kappa shape index (κ3) is 6.30. The molecule has 3 saturated heterocycles. The molecule has 8 unspecified atom stereocenters. The zero-order chi connectivity index (χ0) is 41.0. The van der Waals surface area contributed by atoms with Crippen molar-refractivity contribution in [3.05, 3.63) is 92.7 Å². The molecule has 1 aliphatic carbocycles. The van der Waals surface area contributed by atoms with E-state index in [4.69, 9.17) is 30.1 Å². The summed E-state index contributed by atoms with van der Waals surface area (Å²) in [5.41, 5.74) is 16.7. The average Bonchev–Trinajstić information content (AvgIpc) is 3.52. The first kappa shape index (κ1) is 37.7. The number of nitrogens with two attached hydrogens (primary N) is 2. The number of phenols is 1. The van der Waals surface area contributed by atoms with Gasteiger partial charge in [0.1, 0.15) is 76.6 Å². The summed E-state index contributed by atoms with van der Waals surface area (Å²) >= 11 is 0. The Kier molecular flexibility index (Phi) is 8.78. The molecule has 4 aromatic rings. The number of allylic oxidation sites excluding steroid dienone is 1. The van der Waals surface area contributed by atoms with Gasteiger partial charge < -0.3 is 40.5 Å². The Morgan fingerprint density at radius 1 is 1.05 bits per heavy atom. The normalized spacial score (nSPS) is 29.8. The van der Waals surface area contributed by atoms with Gasteiger partial charge in [-0.15, -0.1) is 0 Å². The minimum atomic E-state index is -1.12. The molecule has 14 heteroatoms. The lowest BCUT2D eigenvalue weighted by atomic mass is 9.61. The summed E-state index contributed by atoms with van der Waals surface area (Å²) in [5.74, 6) is 0.748. The monoisotopic (exact) mass is 800 g/mol. The molecule has 4 fully saturated rings. The number of fused-ring (bicyclic) bond motifs is 6. The number of aromatic hydroxyl groups is 1. The van der Waals surface area contributed by atoms with E-state index >= 15 is 0 Å². The Labute approximate surface area is 341 Å². The maximum Gasteiger partial charge on any atom is 0.341 e. The first-order chi connectivity index (χ1) is 28.3. The van der Waals surface area contributed by atoms with Crippen molar-refractivity contribution < 1.29 is 33.4 Å². The lowest BCUT2D eigenvalue weighted by Gasteiger charge is -2.48. The van der Waals surface area contributed by atoms with Crippen molar-refractivity contribution in [1.29, 1.82) is 0 Å². The molecule has 8 atom stereocenters. The van der Waals surface area contributed by atoms with E-state index in [9.17, 15) is 14.7 Å². The number of hydrogen-bond donors (Lipinski definition) is 5. The van der Waals surface area contributed by atoms with Crippen LogP contribution in [0, 0.1) is 24.7 Å². The molecule has 2 bridgehead atoms. The van der Waals surface area contributed by atoms with Gasteiger partial charge in [-0.3, -0.25) is 14.7 Å². The predicted octanol–water partition coefficient (Wildman–Crippen LogP) is 3.88. The molecule has 3 aromatic heterocycles. The molecule has 7 aliphatic rings. The number of phenolic OH excluding ortho intramolecular Hbond substituents is 1. The van der Waals surface area contributed by atoms with Crippen LogP contribution in [0.3, 0.4) is 0 Å². The zero-order valence-electron chi connectivity index (χ0n) is 33.7. The van der Waals surface area contributed by atoms with E-state index in [0.717, 1.165) is 48.3 Å². The number of aryl methyl sites for hydroxylation is 2. The number of ether oxygens (including phenoxy) is 3. The third-order valence-corrected chi connectivity index (χ3v) is 13.5. The summed E-state index contributed by atoms with van der Waals surface area (Å²) in [6.45, 7) is 7.74. The number of pyridine rings is 2. The van der Waals surface area contributed by atoms with Crippen molar-refractivity contribution in [2.45, 2.75) is 88.7 Å². The second-order valence-corrected chi connectivity index (χ2v) is 17.8. The van der Waals surface area contributed by atoms with Gasteiger partial charge in [-0.25, -0.2) is 14.8 Å². The Morgan fingerprint density at radius 2 is 1.88 bits per heavy atom. The minimum Gasteiger partial charge on any atom is -0.507 e. The lowest BCUT2D eigenvalue weighted by Crippen LogP contribution is -3.04. The van der Waals surface area contributed by atoms with Gasteiger partial charge >= 0.3 is 5.97 Å². The van der Waals surface area contributed by atoms with Crippen LogP contribution in [0.2, 0.25) is 0 Å². The SMILES string of the molecule is CNCC1CC2CCC1C1c3c(cc4oc(C)cc(=O)c4c3O)OC(C)(C)C1OC(=O)C21OC1CCc1cc(N)nc(-c2cc(N)nc(C[NH+]3C=C4N=CC=C4C3)c2)c1. The van der Waals surface area contributed by atoms with Gasteiger partial charge in [0, 0.05) is 46.9 Å². The molecule has 59 heavy (non-hydrogen) atoms. The van der Waals surface area contributed by atoms with Gasteiger partial charge in [-0.1, -0.05) is 0 Å². The lowest BCUT2D eigenvalue weighted by molar-refractivity contribution is -0.852. The molecule has 9 heterocycles. The van der Waals surface area contributed by atoms with Gasteiger partial charge in [0.25, 0.3) is 0 Å². The van der Waals surface area contributed by atoms with E-state index in [1.54, 1.807) is 13.0 Å². The number of rotatable bonds is 8. The van der Waals surface area contributed by atoms with Gasteiger partial charge in [-0.05, 0) is 114 Å². The van der Waals surface area contributed by atoms with Gasteiger partial charge in [-0.2, -0.15) is 0 Å². The number of aliphatic imine (C=N–C) groups is 1. The molecular weight excluding hydrogens is 751 g/mol. The fraction of sp³-hybridized carbons (Fsp3) is 0.444. The highest BCUT2D eigenvalue weighted by atomic mass is 16.7. The number of anilines is 2. The summed E-state index contributed by atoms with van der Waals surface area (Å²) < 4.78 is 25.7. The second-order valence-electron chi connectivity index (χ2n) is 17.8. The van der Waals surface area contributed by atoms with Crippen molar-refractivity contribution in [3.63, 3.8) is 0 Å². The molecule has 1 saturated carbocycles. The van der Waals surface area contributed by atoms with Crippen LogP contribution in [0.25, 0.3) is 22.2 Å². The molecule has 11 rings (SSSR count). The second kappa shape index (κ2) is 13.7. The molecule has 1 aromatic carbocycles. The standard InChI is InChI=1S/C45H49N7O7/c1-22-11-32(53)39-33(56-22)17-34-40(41(39)54)38-29-7-6-27(14-26(29)18-48-4)45(43(55)57-42(38)44(2,3)58-34)35(59-45)8-5-23-12-30(51-36(46)13-23)25-15-28(50-37(47)16-25)20-52-19-24-9-10-49-31(24)21-52/h9-13,15-17,21,26-27,29,35,38,42,48,54H,5-8,14,18-20H2,1-4H3,(H2,46,51)(H2,47,50)/p+1. The number of nitrogens with zero attached hydrogens (tertiary/aromatic N) is 3. The quantitative estimate of drug-likeness (QED) is 0.127. The van der Waals surface area contributed by atoms with Gasteiger partial charge in [0.05, 0.1) is 17.5 Å². The first-order valence-electron chi connectivity index (χ1n) is 20.7. The van der Waals surface area contributed by atoms with Crippen LogP contribution in [0.5, 0.6) is 11.5 Å². The summed E-state index contributed by atoms with van der Waals surface area (Å²) in [6.07, 6.45) is 8.33. The number of nitrogen functional groups attached to an aromatic ring is 2. The van der Waals surface area contributed by atoms with E-state index in [1.165, 1.54) is 16.5 Å². The van der Waals surface area contributed by atoms with E-state index < -0.39 is 29.2 Å². The molecule has 306 valence electrons. The summed E-state index contributed by atoms with van der Waals surface area (Å²) in [6, 6.07) is 10.8. The third-order valence-electron chi connectivity index (χ3n) is 13.5. The largest absolute Gasteiger partial charge is 0.507 e. The zero-order valence-corrected chi connectivity index (χ0v) is 33.7. The number of hydrogen-bond acceptors (Lipinski definition) is 13. The van der Waals surface area contributed by atoms with E-state index in [1.807, 2.05) is 51.4 Å². The summed E-state index contributed by atoms with van der Waals surface area (Å²) in [4.78, 5) is 43.0. The van der Waals surface area contributed by atoms with Crippen LogP contribution in [-0.2, 0) is 27.2 Å². The number of quaternary nitrogens is 1. The Morgan fingerprint density at radius 3 is 2.69 bits per heavy atom. The smallest absolute Gasteiger partial charge is 0.341 e. The molecular formula is C45H50N7O7+.